The number of piperidine rings is 1. The average molecular weight is 447 g/mol. The molecule has 0 saturated carbocycles. The fourth-order valence-electron chi connectivity index (χ4n) is 4.10. The predicted molar refractivity (Wildman–Crippen MR) is 116 cm³/mol. The molecule has 1 aliphatic heterocycles. The van der Waals surface area contributed by atoms with Gasteiger partial charge in [-0.15, -0.1) is 0 Å². The van der Waals surface area contributed by atoms with Crippen LogP contribution >= 0.6 is 0 Å². The van der Waals surface area contributed by atoms with Crippen LogP contribution in [0, 0.1) is 0 Å². The molecule has 0 N–H and O–H groups in total. The van der Waals surface area contributed by atoms with Crippen molar-refractivity contribution >= 4 is 21.2 Å². The molecule has 1 aromatic carbocycles. The van der Waals surface area contributed by atoms with Crippen LogP contribution in [-0.4, -0.2) is 60.8 Å². The van der Waals surface area contributed by atoms with Gasteiger partial charge >= 0.3 is 5.69 Å². The van der Waals surface area contributed by atoms with Crippen molar-refractivity contribution < 1.29 is 17.9 Å². The summed E-state index contributed by atoms with van der Waals surface area (Å²) in [6.07, 6.45) is 2.99. The number of ether oxygens (including phenoxy) is 2. The summed E-state index contributed by atoms with van der Waals surface area (Å²) >= 11 is 0. The molecule has 0 bridgehead atoms. The van der Waals surface area contributed by atoms with Crippen molar-refractivity contribution in [2.24, 2.45) is 0 Å². The first-order valence-corrected chi connectivity index (χ1v) is 11.6. The molecule has 0 radical (unpaired) electrons. The summed E-state index contributed by atoms with van der Waals surface area (Å²) < 4.78 is 41.6. The Morgan fingerprint density at radius 2 is 2.03 bits per heavy atom. The van der Waals surface area contributed by atoms with E-state index in [9.17, 15) is 13.2 Å². The summed E-state index contributed by atoms with van der Waals surface area (Å²) in [5, 5.41) is 0. The molecule has 0 aliphatic carbocycles. The Hall–Kier alpha value is -2.69. The summed E-state index contributed by atoms with van der Waals surface area (Å²) in [5.41, 5.74) is 1.09. The zero-order valence-corrected chi connectivity index (χ0v) is 18.4. The van der Waals surface area contributed by atoms with Gasteiger partial charge in [-0.25, -0.2) is 18.2 Å². The van der Waals surface area contributed by atoms with E-state index in [-0.39, 0.29) is 23.2 Å². The minimum Gasteiger partial charge on any atom is -0.497 e. The van der Waals surface area contributed by atoms with Gasteiger partial charge in [0.2, 0.25) is 10.0 Å². The van der Waals surface area contributed by atoms with Gasteiger partial charge in [0.25, 0.3) is 0 Å². The lowest BCUT2D eigenvalue weighted by Crippen LogP contribution is -2.43. The standard InChI is InChI=1S/C21H26N4O5S/c1-29-13-12-24-19-9-4-10-22-20(19)25(21(24)26)16-6-5-11-23(15-16)31(27,28)18-8-3-7-17(14-18)30-2/h3-4,7-10,14,16H,5-6,11-13,15H2,1-2H3/t16-/m0/s1. The summed E-state index contributed by atoms with van der Waals surface area (Å²) in [4.78, 5) is 17.9. The molecule has 1 atom stereocenters. The topological polar surface area (TPSA) is 95.7 Å². The highest BCUT2D eigenvalue weighted by atomic mass is 32.2. The number of methoxy groups -OCH3 is 2. The predicted octanol–water partition coefficient (Wildman–Crippen LogP) is 1.88. The maximum absolute atomic E-state index is 13.3. The molecule has 1 aliphatic rings. The van der Waals surface area contributed by atoms with E-state index >= 15 is 0 Å². The number of benzene rings is 1. The number of fused-ring (bicyclic) bond motifs is 1. The van der Waals surface area contributed by atoms with Crippen molar-refractivity contribution in [2.75, 3.05) is 33.9 Å². The molecule has 1 saturated heterocycles. The van der Waals surface area contributed by atoms with Crippen LogP contribution in [0.15, 0.2) is 52.3 Å². The Morgan fingerprint density at radius 1 is 1.19 bits per heavy atom. The van der Waals surface area contributed by atoms with E-state index < -0.39 is 10.0 Å². The number of sulfonamides is 1. The Kier molecular flexibility index (Phi) is 6.12. The van der Waals surface area contributed by atoms with Gasteiger partial charge in [-0.3, -0.25) is 9.13 Å². The van der Waals surface area contributed by atoms with E-state index in [1.54, 1.807) is 46.7 Å². The van der Waals surface area contributed by atoms with Crippen molar-refractivity contribution in [3.05, 3.63) is 53.1 Å². The highest BCUT2D eigenvalue weighted by Crippen LogP contribution is 2.29. The lowest BCUT2D eigenvalue weighted by molar-refractivity contribution is 0.186. The third-order valence-corrected chi connectivity index (χ3v) is 7.51. The van der Waals surface area contributed by atoms with Crippen molar-refractivity contribution in [1.82, 2.24) is 18.4 Å². The van der Waals surface area contributed by atoms with Gasteiger partial charge in [-0.05, 0) is 37.1 Å². The van der Waals surface area contributed by atoms with Crippen LogP contribution < -0.4 is 10.4 Å². The molecule has 0 amide bonds. The summed E-state index contributed by atoms with van der Waals surface area (Å²) in [7, 11) is -0.629. The number of hydrogen-bond donors (Lipinski definition) is 0. The van der Waals surface area contributed by atoms with Gasteiger partial charge in [0.15, 0.2) is 5.65 Å². The minimum atomic E-state index is -3.72. The first kappa shape index (κ1) is 21.5. The van der Waals surface area contributed by atoms with Crippen molar-refractivity contribution in [3.63, 3.8) is 0 Å². The molecule has 31 heavy (non-hydrogen) atoms. The highest BCUT2D eigenvalue weighted by Gasteiger charge is 2.33. The van der Waals surface area contributed by atoms with Gasteiger partial charge in [-0.2, -0.15) is 4.31 Å². The molecule has 2 aromatic heterocycles. The maximum Gasteiger partial charge on any atom is 0.330 e. The Bertz CT molecular complexity index is 1230. The molecule has 166 valence electrons. The van der Waals surface area contributed by atoms with Gasteiger partial charge in [-0.1, -0.05) is 6.07 Å². The summed E-state index contributed by atoms with van der Waals surface area (Å²) in [6.45, 7) is 1.41. The van der Waals surface area contributed by atoms with Crippen molar-refractivity contribution in [1.29, 1.82) is 0 Å². The normalized spacial score (nSPS) is 17.8. The molecule has 3 aromatic rings. The van der Waals surface area contributed by atoms with Crippen LogP contribution in [-0.2, 0) is 21.3 Å². The first-order valence-electron chi connectivity index (χ1n) is 10.2. The molecule has 0 spiro atoms. The van der Waals surface area contributed by atoms with Crippen LogP contribution in [0.25, 0.3) is 11.2 Å². The van der Waals surface area contributed by atoms with Crippen molar-refractivity contribution in [2.45, 2.75) is 30.3 Å². The molecular weight excluding hydrogens is 420 g/mol. The zero-order chi connectivity index (χ0) is 22.0. The van der Waals surface area contributed by atoms with E-state index in [0.717, 1.165) is 5.52 Å². The number of nitrogens with zero attached hydrogens (tertiary/aromatic N) is 4. The fraction of sp³-hybridized carbons (Fsp3) is 0.429. The lowest BCUT2D eigenvalue weighted by Gasteiger charge is -2.32. The highest BCUT2D eigenvalue weighted by molar-refractivity contribution is 7.89. The monoisotopic (exact) mass is 446 g/mol. The second kappa shape index (κ2) is 8.81. The second-order valence-corrected chi connectivity index (χ2v) is 9.42. The van der Waals surface area contributed by atoms with E-state index in [4.69, 9.17) is 9.47 Å². The third kappa shape index (κ3) is 3.98. The quantitative estimate of drug-likeness (QED) is 0.550. The van der Waals surface area contributed by atoms with E-state index in [2.05, 4.69) is 4.98 Å². The third-order valence-electron chi connectivity index (χ3n) is 5.64. The zero-order valence-electron chi connectivity index (χ0n) is 17.6. The largest absolute Gasteiger partial charge is 0.497 e. The minimum absolute atomic E-state index is 0.181. The first-order chi connectivity index (χ1) is 15.0. The molecule has 9 nitrogen and oxygen atoms in total. The molecule has 4 rings (SSSR count). The average Bonchev–Trinajstić information content (AvgIpc) is 3.08. The van der Waals surface area contributed by atoms with E-state index in [1.807, 2.05) is 6.07 Å². The molecule has 3 heterocycles. The second-order valence-electron chi connectivity index (χ2n) is 7.48. The van der Waals surface area contributed by atoms with E-state index in [0.29, 0.717) is 43.9 Å². The van der Waals surface area contributed by atoms with Crippen LogP contribution in [0.3, 0.4) is 0 Å². The number of pyridine rings is 1. The van der Waals surface area contributed by atoms with E-state index in [1.165, 1.54) is 17.5 Å². The lowest BCUT2D eigenvalue weighted by atomic mass is 10.1. The smallest absolute Gasteiger partial charge is 0.330 e. The van der Waals surface area contributed by atoms with Gasteiger partial charge in [0.05, 0.1) is 36.7 Å². The van der Waals surface area contributed by atoms with Crippen LogP contribution in [0.1, 0.15) is 18.9 Å². The van der Waals surface area contributed by atoms with Crippen LogP contribution in [0.2, 0.25) is 0 Å². The van der Waals surface area contributed by atoms with Gasteiger partial charge in [0, 0.05) is 32.5 Å². The SMILES string of the molecule is COCCn1c(=O)n([C@H]2CCCN(S(=O)(=O)c3cccc(OC)c3)C2)c2ncccc21. The van der Waals surface area contributed by atoms with Crippen molar-refractivity contribution in [3.8, 4) is 5.75 Å². The number of aromatic nitrogens is 3. The number of hydrogen-bond acceptors (Lipinski definition) is 6. The van der Waals surface area contributed by atoms with Crippen LogP contribution in [0.4, 0.5) is 0 Å². The Labute approximate surface area is 180 Å². The summed E-state index contributed by atoms with van der Waals surface area (Å²) in [5.74, 6) is 0.483. The Morgan fingerprint density at radius 3 is 2.81 bits per heavy atom. The molecule has 10 heteroatoms. The van der Waals surface area contributed by atoms with Gasteiger partial charge in [0.1, 0.15) is 5.75 Å². The number of imidazole rings is 1. The molecular formula is C21H26N4O5S. The maximum atomic E-state index is 13.3. The Balaban J connectivity index is 1.70. The fourth-order valence-corrected chi connectivity index (χ4v) is 5.65. The summed E-state index contributed by atoms with van der Waals surface area (Å²) in [6, 6.07) is 9.78. The number of rotatable bonds is 7. The van der Waals surface area contributed by atoms with Gasteiger partial charge < -0.3 is 9.47 Å². The molecule has 1 fully saturated rings. The molecule has 0 unspecified atom stereocenters. The van der Waals surface area contributed by atoms with Crippen LogP contribution in [0.5, 0.6) is 5.75 Å².